The van der Waals surface area contributed by atoms with Gasteiger partial charge >= 0.3 is 5.97 Å². The lowest BCUT2D eigenvalue weighted by atomic mass is 9.88. The molecule has 74 valence electrons. The van der Waals surface area contributed by atoms with Crippen LogP contribution in [0.1, 0.15) is 21.7 Å². The van der Waals surface area contributed by atoms with Crippen LogP contribution in [0.2, 0.25) is 0 Å². The summed E-state index contributed by atoms with van der Waals surface area (Å²) in [5.41, 5.74) is 0.787. The highest BCUT2D eigenvalue weighted by Crippen LogP contribution is 2.29. The smallest absolute Gasteiger partial charge is 0.309 e. The van der Waals surface area contributed by atoms with E-state index in [-0.39, 0.29) is 24.1 Å². The average molecular weight is 210 g/mol. The first-order chi connectivity index (χ1) is 6.72. The average Bonchev–Trinajstić information content (AvgIpc) is 2.64. The lowest BCUT2D eigenvalue weighted by Crippen LogP contribution is -2.26. The van der Waals surface area contributed by atoms with E-state index in [9.17, 15) is 9.59 Å². The number of ketones is 1. The second-order valence-corrected chi connectivity index (χ2v) is 4.31. The molecule has 3 nitrogen and oxygen atoms in total. The minimum Gasteiger partial charge on any atom is -0.469 e. The van der Waals surface area contributed by atoms with Gasteiger partial charge in [-0.25, -0.2) is 0 Å². The number of thiophene rings is 1. The summed E-state index contributed by atoms with van der Waals surface area (Å²) in [6.07, 6.45) is 0.932. The minimum absolute atomic E-state index is 0.0582. The zero-order valence-electron chi connectivity index (χ0n) is 7.78. The van der Waals surface area contributed by atoms with Crippen LogP contribution in [0.3, 0.4) is 0 Å². The summed E-state index contributed by atoms with van der Waals surface area (Å²) < 4.78 is 4.64. The fourth-order valence-corrected chi connectivity index (χ4v) is 2.68. The van der Waals surface area contributed by atoms with Crippen molar-refractivity contribution in [3.8, 4) is 0 Å². The molecule has 0 fully saturated rings. The first-order valence-corrected chi connectivity index (χ1v) is 5.27. The van der Waals surface area contributed by atoms with Crippen molar-refractivity contribution in [1.82, 2.24) is 0 Å². The van der Waals surface area contributed by atoms with Gasteiger partial charge in [-0.2, -0.15) is 0 Å². The van der Waals surface area contributed by atoms with Crippen LogP contribution >= 0.6 is 11.3 Å². The Balaban J connectivity index is 2.25. The van der Waals surface area contributed by atoms with E-state index in [1.165, 1.54) is 18.4 Å². The number of Topliss-reactive ketones (excluding diaryl/α,β-unsaturated/α-hetero) is 1. The van der Waals surface area contributed by atoms with Crippen LogP contribution in [-0.2, 0) is 16.0 Å². The van der Waals surface area contributed by atoms with Crippen molar-refractivity contribution >= 4 is 23.1 Å². The van der Waals surface area contributed by atoms with Crippen LogP contribution in [0.5, 0.6) is 0 Å². The molecule has 0 saturated heterocycles. The molecule has 0 aliphatic heterocycles. The van der Waals surface area contributed by atoms with E-state index in [2.05, 4.69) is 4.74 Å². The molecule has 2 rings (SSSR count). The van der Waals surface area contributed by atoms with Crippen molar-refractivity contribution in [2.45, 2.75) is 12.8 Å². The molecule has 14 heavy (non-hydrogen) atoms. The molecule has 0 amide bonds. The van der Waals surface area contributed by atoms with Gasteiger partial charge in [0.2, 0.25) is 0 Å². The molecular weight excluding hydrogens is 200 g/mol. The van der Waals surface area contributed by atoms with Crippen LogP contribution < -0.4 is 0 Å². The van der Waals surface area contributed by atoms with Crippen molar-refractivity contribution in [2.24, 2.45) is 5.92 Å². The predicted molar refractivity (Wildman–Crippen MR) is 52.5 cm³/mol. The van der Waals surface area contributed by atoms with E-state index >= 15 is 0 Å². The van der Waals surface area contributed by atoms with Gasteiger partial charge in [0, 0.05) is 16.9 Å². The Kier molecular flexibility index (Phi) is 2.37. The number of hydrogen-bond acceptors (Lipinski definition) is 4. The standard InChI is InChI=1S/C10H10O3S/c1-13-10(12)6-4-8(11)7-2-3-14-9(7)5-6/h2-3,6H,4-5H2,1H3/t6-/m0/s1. The minimum atomic E-state index is -0.280. The van der Waals surface area contributed by atoms with Gasteiger partial charge in [0.15, 0.2) is 5.78 Å². The van der Waals surface area contributed by atoms with Crippen LogP contribution in [0.25, 0.3) is 0 Å². The number of hydrogen-bond donors (Lipinski definition) is 0. The summed E-state index contributed by atoms with van der Waals surface area (Å²) in [5, 5.41) is 1.89. The second-order valence-electron chi connectivity index (χ2n) is 3.31. The summed E-state index contributed by atoms with van der Waals surface area (Å²) >= 11 is 1.53. The fraction of sp³-hybridized carbons (Fsp3) is 0.400. The van der Waals surface area contributed by atoms with Crippen molar-refractivity contribution < 1.29 is 14.3 Å². The van der Waals surface area contributed by atoms with Crippen LogP contribution in [-0.4, -0.2) is 18.9 Å². The number of carbonyl (C=O) groups excluding carboxylic acids is 2. The largest absolute Gasteiger partial charge is 0.469 e. The summed E-state index contributed by atoms with van der Waals surface area (Å²) in [5.74, 6) is -0.501. The van der Waals surface area contributed by atoms with Crippen molar-refractivity contribution in [3.05, 3.63) is 21.9 Å². The number of ether oxygens (including phenoxy) is 1. The zero-order valence-corrected chi connectivity index (χ0v) is 8.60. The Morgan fingerprint density at radius 2 is 2.36 bits per heavy atom. The zero-order chi connectivity index (χ0) is 10.1. The monoisotopic (exact) mass is 210 g/mol. The molecule has 0 bridgehead atoms. The maximum absolute atomic E-state index is 11.6. The summed E-state index contributed by atoms with van der Waals surface area (Å²) in [6, 6.07) is 1.83. The Morgan fingerprint density at radius 3 is 3.07 bits per heavy atom. The number of fused-ring (bicyclic) bond motifs is 1. The first-order valence-electron chi connectivity index (χ1n) is 4.39. The highest BCUT2D eigenvalue weighted by Gasteiger charge is 2.31. The second kappa shape index (κ2) is 3.53. The maximum atomic E-state index is 11.6. The molecule has 1 aliphatic carbocycles. The number of carbonyl (C=O) groups is 2. The highest BCUT2D eigenvalue weighted by atomic mass is 32.1. The van der Waals surface area contributed by atoms with Gasteiger partial charge in [-0.05, 0) is 17.9 Å². The third-order valence-corrected chi connectivity index (χ3v) is 3.39. The third-order valence-electron chi connectivity index (χ3n) is 2.44. The number of rotatable bonds is 1. The van der Waals surface area contributed by atoms with Crippen molar-refractivity contribution in [3.63, 3.8) is 0 Å². The maximum Gasteiger partial charge on any atom is 0.309 e. The topological polar surface area (TPSA) is 43.4 Å². The quantitative estimate of drug-likeness (QED) is 0.662. The van der Waals surface area contributed by atoms with Crippen LogP contribution in [0.4, 0.5) is 0 Å². The summed E-state index contributed by atoms with van der Waals surface area (Å²) in [6.45, 7) is 0. The first kappa shape index (κ1) is 9.40. The van der Waals surface area contributed by atoms with E-state index in [0.717, 1.165) is 10.4 Å². The molecule has 0 saturated carbocycles. The third kappa shape index (κ3) is 1.46. The summed E-state index contributed by atoms with van der Waals surface area (Å²) in [7, 11) is 1.36. The normalized spacial score (nSPS) is 20.4. The van der Waals surface area contributed by atoms with E-state index < -0.39 is 0 Å². The van der Waals surface area contributed by atoms with Gasteiger partial charge < -0.3 is 4.74 Å². The number of methoxy groups -OCH3 is 1. The van der Waals surface area contributed by atoms with Crippen molar-refractivity contribution in [2.75, 3.05) is 7.11 Å². The predicted octanol–water partition coefficient (Wildman–Crippen LogP) is 1.67. The molecule has 0 radical (unpaired) electrons. The van der Waals surface area contributed by atoms with Gasteiger partial charge in [0.05, 0.1) is 13.0 Å². The van der Waals surface area contributed by atoms with Gasteiger partial charge in [0.25, 0.3) is 0 Å². The molecule has 1 heterocycles. The molecule has 4 heteroatoms. The Bertz CT molecular complexity index is 380. The lowest BCUT2D eigenvalue weighted by molar-refractivity contribution is -0.145. The molecule has 1 aliphatic rings. The van der Waals surface area contributed by atoms with E-state index in [4.69, 9.17) is 0 Å². The van der Waals surface area contributed by atoms with E-state index in [1.807, 2.05) is 11.4 Å². The van der Waals surface area contributed by atoms with Crippen molar-refractivity contribution in [1.29, 1.82) is 0 Å². The van der Waals surface area contributed by atoms with Crippen LogP contribution in [0.15, 0.2) is 11.4 Å². The molecule has 0 aromatic carbocycles. The van der Waals surface area contributed by atoms with E-state index in [1.54, 1.807) is 0 Å². The molecule has 1 atom stereocenters. The molecular formula is C10H10O3S. The molecule has 0 N–H and O–H groups in total. The summed E-state index contributed by atoms with van der Waals surface area (Å²) in [4.78, 5) is 23.9. The van der Waals surface area contributed by atoms with Gasteiger partial charge in [0.1, 0.15) is 0 Å². The van der Waals surface area contributed by atoms with Gasteiger partial charge in [-0.15, -0.1) is 11.3 Å². The lowest BCUT2D eigenvalue weighted by Gasteiger charge is -2.18. The molecule has 0 unspecified atom stereocenters. The molecule has 1 aromatic rings. The number of esters is 1. The fourth-order valence-electron chi connectivity index (χ4n) is 1.71. The van der Waals surface area contributed by atoms with E-state index in [0.29, 0.717) is 6.42 Å². The van der Waals surface area contributed by atoms with Gasteiger partial charge in [-0.1, -0.05) is 0 Å². The van der Waals surface area contributed by atoms with Gasteiger partial charge in [-0.3, -0.25) is 9.59 Å². The SMILES string of the molecule is COC(=O)[C@H]1CC(=O)c2ccsc2C1. The Hall–Kier alpha value is -1.16. The highest BCUT2D eigenvalue weighted by molar-refractivity contribution is 7.10. The Morgan fingerprint density at radius 1 is 1.57 bits per heavy atom. The Labute approximate surface area is 85.7 Å². The van der Waals surface area contributed by atoms with Crippen LogP contribution in [0, 0.1) is 5.92 Å². The molecule has 0 spiro atoms. The molecule has 1 aromatic heterocycles.